The van der Waals surface area contributed by atoms with Crippen molar-refractivity contribution in [2.24, 2.45) is 0 Å². The standard InChI is InChI=1S/C29H41NO3/c1-2-3-4-5-6-7-8-9-10-11-12-19-24-33-28(27(31)25-20-15-13-16-21-25)29(32)30-26-22-17-14-18-23-26/h13-18,20-23,28H,2-12,19,24H2,1H3,(H,30,32). The first-order valence-corrected chi connectivity index (χ1v) is 12.8. The van der Waals surface area contributed by atoms with E-state index in [0.717, 1.165) is 12.8 Å². The van der Waals surface area contributed by atoms with Crippen LogP contribution in [0.25, 0.3) is 0 Å². The van der Waals surface area contributed by atoms with Crippen LogP contribution in [0.3, 0.4) is 0 Å². The number of ketones is 1. The second-order valence-corrected chi connectivity index (χ2v) is 8.73. The highest BCUT2D eigenvalue weighted by Gasteiger charge is 2.28. The van der Waals surface area contributed by atoms with E-state index < -0.39 is 12.0 Å². The molecule has 33 heavy (non-hydrogen) atoms. The van der Waals surface area contributed by atoms with Gasteiger partial charge in [0.15, 0.2) is 6.10 Å². The molecule has 0 saturated carbocycles. The molecule has 2 aromatic rings. The van der Waals surface area contributed by atoms with Crippen molar-refractivity contribution in [3.8, 4) is 0 Å². The first-order valence-electron chi connectivity index (χ1n) is 12.8. The molecule has 2 rings (SSSR count). The quantitative estimate of drug-likeness (QED) is 0.144. The smallest absolute Gasteiger partial charge is 0.261 e. The molecule has 1 atom stereocenters. The molecule has 0 bridgehead atoms. The molecule has 1 unspecified atom stereocenters. The molecule has 1 amide bonds. The molecule has 2 aromatic carbocycles. The number of para-hydroxylation sites is 1. The minimum Gasteiger partial charge on any atom is -0.360 e. The minimum atomic E-state index is -1.14. The number of amides is 1. The van der Waals surface area contributed by atoms with Gasteiger partial charge in [-0.15, -0.1) is 0 Å². The molecule has 0 aromatic heterocycles. The monoisotopic (exact) mass is 451 g/mol. The predicted molar refractivity (Wildman–Crippen MR) is 137 cm³/mol. The summed E-state index contributed by atoms with van der Waals surface area (Å²) in [5.41, 5.74) is 1.14. The van der Waals surface area contributed by atoms with E-state index in [1.807, 2.05) is 24.3 Å². The van der Waals surface area contributed by atoms with Crippen LogP contribution in [0.4, 0.5) is 5.69 Å². The molecule has 0 radical (unpaired) electrons. The molecule has 4 nitrogen and oxygen atoms in total. The van der Waals surface area contributed by atoms with Gasteiger partial charge in [0, 0.05) is 17.9 Å². The van der Waals surface area contributed by atoms with Gasteiger partial charge in [-0.25, -0.2) is 0 Å². The Morgan fingerprint density at radius 2 is 1.18 bits per heavy atom. The number of hydrogen-bond acceptors (Lipinski definition) is 3. The lowest BCUT2D eigenvalue weighted by Crippen LogP contribution is -2.38. The topological polar surface area (TPSA) is 55.4 Å². The second kappa shape index (κ2) is 17.1. The van der Waals surface area contributed by atoms with E-state index in [9.17, 15) is 9.59 Å². The summed E-state index contributed by atoms with van der Waals surface area (Å²) in [6.07, 6.45) is 14.0. The Balaban J connectivity index is 1.69. The van der Waals surface area contributed by atoms with Crippen molar-refractivity contribution in [3.63, 3.8) is 0 Å². The van der Waals surface area contributed by atoms with Crippen molar-refractivity contribution in [2.45, 2.75) is 90.1 Å². The van der Waals surface area contributed by atoms with Gasteiger partial charge in [0.05, 0.1) is 0 Å². The fourth-order valence-electron chi connectivity index (χ4n) is 3.90. The Morgan fingerprint density at radius 3 is 1.73 bits per heavy atom. The van der Waals surface area contributed by atoms with Crippen LogP contribution in [0.5, 0.6) is 0 Å². The van der Waals surface area contributed by atoms with Gasteiger partial charge >= 0.3 is 0 Å². The number of benzene rings is 2. The van der Waals surface area contributed by atoms with Gasteiger partial charge in [0.25, 0.3) is 5.91 Å². The Labute approximate surface area is 200 Å². The maximum atomic E-state index is 12.9. The zero-order valence-electron chi connectivity index (χ0n) is 20.3. The molecular formula is C29H41NO3. The Kier molecular flexibility index (Phi) is 13.9. The number of unbranched alkanes of at least 4 members (excludes halogenated alkanes) is 11. The van der Waals surface area contributed by atoms with Crippen molar-refractivity contribution in [1.82, 2.24) is 0 Å². The molecule has 0 heterocycles. The Hall–Kier alpha value is -2.46. The molecule has 4 heteroatoms. The molecule has 1 N–H and O–H groups in total. The van der Waals surface area contributed by atoms with Crippen LogP contribution in [0.2, 0.25) is 0 Å². The highest BCUT2D eigenvalue weighted by Crippen LogP contribution is 2.14. The molecule has 0 aliphatic heterocycles. The Morgan fingerprint density at radius 1 is 0.697 bits per heavy atom. The maximum Gasteiger partial charge on any atom is 0.261 e. The van der Waals surface area contributed by atoms with Crippen molar-refractivity contribution in [2.75, 3.05) is 11.9 Å². The lowest BCUT2D eigenvalue weighted by atomic mass is 10.0. The molecular weight excluding hydrogens is 410 g/mol. The van der Waals surface area contributed by atoms with Crippen LogP contribution in [0, 0.1) is 0 Å². The van der Waals surface area contributed by atoms with Crippen molar-refractivity contribution < 1.29 is 14.3 Å². The summed E-state index contributed by atoms with van der Waals surface area (Å²) in [7, 11) is 0. The SMILES string of the molecule is CCCCCCCCCCCCCCOC(C(=O)Nc1ccccc1)C(=O)c1ccccc1. The lowest BCUT2D eigenvalue weighted by molar-refractivity contribution is -0.124. The van der Waals surface area contributed by atoms with Crippen LogP contribution in [-0.2, 0) is 9.53 Å². The average molecular weight is 452 g/mol. The summed E-state index contributed by atoms with van der Waals surface area (Å²) in [5, 5.41) is 2.80. The van der Waals surface area contributed by atoms with Gasteiger partial charge in [-0.3, -0.25) is 9.59 Å². The number of nitrogens with one attached hydrogen (secondary N) is 1. The van der Waals surface area contributed by atoms with Gasteiger partial charge in [0.1, 0.15) is 0 Å². The molecule has 0 aliphatic rings. The summed E-state index contributed by atoms with van der Waals surface area (Å²) < 4.78 is 5.82. The summed E-state index contributed by atoms with van der Waals surface area (Å²) in [4.78, 5) is 25.8. The number of carbonyl (C=O) groups excluding carboxylic acids is 2. The summed E-state index contributed by atoms with van der Waals surface area (Å²) in [6, 6.07) is 18.1. The van der Waals surface area contributed by atoms with E-state index in [-0.39, 0.29) is 5.78 Å². The van der Waals surface area contributed by atoms with Crippen LogP contribution in [0.1, 0.15) is 94.3 Å². The van der Waals surface area contributed by atoms with Crippen LogP contribution in [0.15, 0.2) is 60.7 Å². The van der Waals surface area contributed by atoms with Crippen molar-refractivity contribution in [1.29, 1.82) is 0 Å². The number of hydrogen-bond donors (Lipinski definition) is 1. The third kappa shape index (κ3) is 11.3. The van der Waals surface area contributed by atoms with E-state index in [0.29, 0.717) is 17.9 Å². The zero-order chi connectivity index (χ0) is 23.6. The molecule has 180 valence electrons. The summed E-state index contributed by atoms with van der Waals surface area (Å²) >= 11 is 0. The van der Waals surface area contributed by atoms with Crippen LogP contribution < -0.4 is 5.32 Å². The summed E-state index contributed by atoms with van der Waals surface area (Å²) in [5.74, 6) is -0.725. The number of ether oxygens (including phenoxy) is 1. The molecule has 0 fully saturated rings. The molecule has 0 aliphatic carbocycles. The van der Waals surface area contributed by atoms with E-state index >= 15 is 0 Å². The second-order valence-electron chi connectivity index (χ2n) is 8.73. The number of Topliss-reactive ketones (excluding diaryl/α,β-unsaturated/α-hetero) is 1. The molecule has 0 spiro atoms. The van der Waals surface area contributed by atoms with E-state index in [1.54, 1.807) is 36.4 Å². The van der Waals surface area contributed by atoms with E-state index in [2.05, 4.69) is 12.2 Å². The third-order valence-corrected chi connectivity index (χ3v) is 5.86. The van der Waals surface area contributed by atoms with Gasteiger partial charge < -0.3 is 10.1 Å². The van der Waals surface area contributed by atoms with Crippen LogP contribution in [-0.4, -0.2) is 24.4 Å². The van der Waals surface area contributed by atoms with E-state index in [4.69, 9.17) is 4.74 Å². The first kappa shape index (κ1) is 26.8. The number of rotatable bonds is 18. The summed E-state index contributed by atoms with van der Waals surface area (Å²) in [6.45, 7) is 2.66. The van der Waals surface area contributed by atoms with Crippen molar-refractivity contribution in [3.05, 3.63) is 66.2 Å². The zero-order valence-corrected chi connectivity index (χ0v) is 20.3. The third-order valence-electron chi connectivity index (χ3n) is 5.86. The predicted octanol–water partition coefficient (Wildman–Crippen LogP) is 7.59. The fourth-order valence-corrected chi connectivity index (χ4v) is 3.90. The van der Waals surface area contributed by atoms with Gasteiger partial charge in [-0.05, 0) is 18.6 Å². The van der Waals surface area contributed by atoms with Gasteiger partial charge in [-0.2, -0.15) is 0 Å². The van der Waals surface area contributed by atoms with Crippen molar-refractivity contribution >= 4 is 17.4 Å². The van der Waals surface area contributed by atoms with Gasteiger partial charge in [-0.1, -0.05) is 126 Å². The largest absolute Gasteiger partial charge is 0.360 e. The van der Waals surface area contributed by atoms with Gasteiger partial charge in [0.2, 0.25) is 5.78 Å². The first-order chi connectivity index (χ1) is 16.2. The Bertz CT molecular complexity index is 776. The number of carbonyl (C=O) groups is 2. The lowest BCUT2D eigenvalue weighted by Gasteiger charge is -2.17. The minimum absolute atomic E-state index is 0.303. The van der Waals surface area contributed by atoms with Crippen LogP contribution >= 0.6 is 0 Å². The number of anilines is 1. The fraction of sp³-hybridized carbons (Fsp3) is 0.517. The highest BCUT2D eigenvalue weighted by atomic mass is 16.5. The normalized spacial score (nSPS) is 11.8. The van der Waals surface area contributed by atoms with E-state index in [1.165, 1.54) is 64.2 Å². The maximum absolute atomic E-state index is 12.9. The average Bonchev–Trinajstić information content (AvgIpc) is 2.85. The highest BCUT2D eigenvalue weighted by molar-refractivity contribution is 6.16. The molecule has 0 saturated heterocycles.